The third-order valence-electron chi connectivity index (χ3n) is 5.24. The standard InChI is InChI=1S/C21H25N5O3S3/c1-16(31-21-24-22-15-25(21)13-10-18-5-4-14-30-18)20(27)23-17-6-8-19(9-7-17)32(28,29)26-11-2-3-12-26/h4-9,14-16H,2-3,10-13H2,1H3,(H,23,27)/t16-/m0/s1. The summed E-state index contributed by atoms with van der Waals surface area (Å²) in [6, 6.07) is 10.5. The fraction of sp³-hybridized carbons (Fsp3) is 0.381. The second kappa shape index (κ2) is 10.2. The minimum atomic E-state index is -3.46. The minimum Gasteiger partial charge on any atom is -0.325 e. The number of rotatable bonds is 9. The molecule has 0 saturated carbocycles. The summed E-state index contributed by atoms with van der Waals surface area (Å²) in [4.78, 5) is 14.2. The number of aromatic nitrogens is 3. The summed E-state index contributed by atoms with van der Waals surface area (Å²) in [5.41, 5.74) is 0.557. The average molecular weight is 492 g/mol. The smallest absolute Gasteiger partial charge is 0.243 e. The molecule has 0 unspecified atom stereocenters. The first kappa shape index (κ1) is 23.0. The molecule has 1 fully saturated rings. The van der Waals surface area contributed by atoms with Crippen LogP contribution in [0.15, 0.2) is 58.2 Å². The van der Waals surface area contributed by atoms with Gasteiger partial charge in [-0.05, 0) is 61.9 Å². The van der Waals surface area contributed by atoms with Crippen molar-refractivity contribution in [2.75, 3.05) is 18.4 Å². The van der Waals surface area contributed by atoms with Crippen LogP contribution in [0.2, 0.25) is 0 Å². The van der Waals surface area contributed by atoms with Crippen LogP contribution in [0.3, 0.4) is 0 Å². The molecule has 2 aromatic heterocycles. The Hall–Kier alpha value is -2.21. The van der Waals surface area contributed by atoms with Crippen molar-refractivity contribution in [1.82, 2.24) is 19.1 Å². The van der Waals surface area contributed by atoms with Crippen molar-refractivity contribution in [2.45, 2.75) is 48.0 Å². The van der Waals surface area contributed by atoms with Gasteiger partial charge in [0, 0.05) is 30.2 Å². The molecule has 32 heavy (non-hydrogen) atoms. The maximum atomic E-state index is 12.7. The topological polar surface area (TPSA) is 97.2 Å². The van der Waals surface area contributed by atoms with Gasteiger partial charge in [0.05, 0.1) is 10.1 Å². The molecule has 1 aliphatic heterocycles. The summed E-state index contributed by atoms with van der Waals surface area (Å²) >= 11 is 3.06. The van der Waals surface area contributed by atoms with Crippen molar-refractivity contribution in [1.29, 1.82) is 0 Å². The monoisotopic (exact) mass is 491 g/mol. The van der Waals surface area contributed by atoms with Crippen LogP contribution in [-0.2, 0) is 27.8 Å². The number of thiophene rings is 1. The molecule has 0 bridgehead atoms. The number of nitrogens with one attached hydrogen (secondary N) is 1. The van der Waals surface area contributed by atoms with E-state index in [-0.39, 0.29) is 10.8 Å². The van der Waals surface area contributed by atoms with E-state index in [1.807, 2.05) is 17.6 Å². The SMILES string of the molecule is C[C@H](Sc1nncn1CCc1cccs1)C(=O)Nc1ccc(S(=O)(=O)N2CCCC2)cc1. The average Bonchev–Trinajstić information content (AvgIpc) is 3.55. The number of thioether (sulfide) groups is 1. The van der Waals surface area contributed by atoms with Gasteiger partial charge in [0.1, 0.15) is 6.33 Å². The van der Waals surface area contributed by atoms with E-state index in [0.29, 0.717) is 23.9 Å². The van der Waals surface area contributed by atoms with Crippen LogP contribution in [0.1, 0.15) is 24.6 Å². The van der Waals surface area contributed by atoms with Gasteiger partial charge in [0.15, 0.2) is 5.16 Å². The Morgan fingerprint density at radius 2 is 1.97 bits per heavy atom. The summed E-state index contributed by atoms with van der Waals surface area (Å²) in [5, 5.41) is 13.3. The number of hydrogen-bond acceptors (Lipinski definition) is 7. The highest BCUT2D eigenvalue weighted by Gasteiger charge is 2.27. The highest BCUT2D eigenvalue weighted by atomic mass is 32.2. The highest BCUT2D eigenvalue weighted by Crippen LogP contribution is 2.25. The number of hydrogen-bond donors (Lipinski definition) is 1. The van der Waals surface area contributed by atoms with E-state index in [1.54, 1.807) is 41.9 Å². The Morgan fingerprint density at radius 1 is 1.22 bits per heavy atom. The summed E-state index contributed by atoms with van der Waals surface area (Å²) in [5.74, 6) is -0.182. The minimum absolute atomic E-state index is 0.182. The molecular formula is C21H25N5O3S3. The highest BCUT2D eigenvalue weighted by molar-refractivity contribution is 8.00. The number of amides is 1. The van der Waals surface area contributed by atoms with Crippen LogP contribution in [0, 0.1) is 0 Å². The molecule has 1 saturated heterocycles. The lowest BCUT2D eigenvalue weighted by atomic mass is 10.3. The van der Waals surface area contributed by atoms with E-state index in [1.165, 1.54) is 20.9 Å². The van der Waals surface area contributed by atoms with E-state index < -0.39 is 15.3 Å². The molecule has 1 aromatic carbocycles. The van der Waals surface area contributed by atoms with Gasteiger partial charge in [-0.25, -0.2) is 8.42 Å². The molecule has 11 heteroatoms. The molecule has 0 aliphatic carbocycles. The second-order valence-corrected chi connectivity index (χ2v) is 11.8. The molecule has 0 radical (unpaired) electrons. The number of benzene rings is 1. The second-order valence-electron chi connectivity index (χ2n) is 7.52. The molecule has 8 nitrogen and oxygen atoms in total. The zero-order chi connectivity index (χ0) is 22.6. The van der Waals surface area contributed by atoms with E-state index >= 15 is 0 Å². The third-order valence-corrected chi connectivity index (χ3v) is 9.18. The number of carbonyl (C=O) groups is 1. The predicted octanol–water partition coefficient (Wildman–Crippen LogP) is 3.49. The van der Waals surface area contributed by atoms with Crippen molar-refractivity contribution < 1.29 is 13.2 Å². The Morgan fingerprint density at radius 3 is 2.66 bits per heavy atom. The number of nitrogens with zero attached hydrogens (tertiary/aromatic N) is 4. The maximum Gasteiger partial charge on any atom is 0.243 e. The molecule has 3 aromatic rings. The van der Waals surface area contributed by atoms with Crippen LogP contribution >= 0.6 is 23.1 Å². The molecular weight excluding hydrogens is 466 g/mol. The van der Waals surface area contributed by atoms with Gasteiger partial charge in [-0.2, -0.15) is 4.31 Å². The summed E-state index contributed by atoms with van der Waals surface area (Å²) in [6.07, 6.45) is 4.35. The molecule has 0 spiro atoms. The number of sulfonamides is 1. The van der Waals surface area contributed by atoms with Crippen LogP contribution < -0.4 is 5.32 Å². The lowest BCUT2D eigenvalue weighted by Gasteiger charge is -2.16. The molecule has 4 rings (SSSR count). The number of anilines is 1. The van der Waals surface area contributed by atoms with Crippen molar-refractivity contribution in [3.8, 4) is 0 Å². The summed E-state index contributed by atoms with van der Waals surface area (Å²) in [7, 11) is -3.46. The quantitative estimate of drug-likeness (QED) is 0.460. The van der Waals surface area contributed by atoms with Crippen molar-refractivity contribution in [3.63, 3.8) is 0 Å². The Balaban J connectivity index is 1.33. The van der Waals surface area contributed by atoms with E-state index in [2.05, 4.69) is 27.0 Å². The van der Waals surface area contributed by atoms with Crippen molar-refractivity contribution >= 4 is 44.7 Å². The Bertz CT molecular complexity index is 1140. The van der Waals surface area contributed by atoms with Crippen LogP contribution in [0.25, 0.3) is 0 Å². The normalized spacial score (nSPS) is 15.7. The first-order valence-electron chi connectivity index (χ1n) is 10.4. The van der Waals surface area contributed by atoms with E-state index in [4.69, 9.17) is 0 Å². The van der Waals surface area contributed by atoms with Crippen LogP contribution in [0.5, 0.6) is 0 Å². The molecule has 1 atom stereocenters. The fourth-order valence-electron chi connectivity index (χ4n) is 3.42. The fourth-order valence-corrected chi connectivity index (χ4v) is 6.48. The number of carbonyl (C=O) groups excluding carboxylic acids is 1. The third kappa shape index (κ3) is 5.40. The zero-order valence-electron chi connectivity index (χ0n) is 17.7. The zero-order valence-corrected chi connectivity index (χ0v) is 20.1. The molecule has 1 N–H and O–H groups in total. The van der Waals surface area contributed by atoms with Gasteiger partial charge in [-0.3, -0.25) is 4.79 Å². The Kier molecular flexibility index (Phi) is 7.29. The van der Waals surface area contributed by atoms with E-state index in [9.17, 15) is 13.2 Å². The largest absolute Gasteiger partial charge is 0.325 e. The first-order valence-corrected chi connectivity index (χ1v) is 13.6. The lowest BCUT2D eigenvalue weighted by Crippen LogP contribution is -2.27. The molecule has 1 aliphatic rings. The number of aryl methyl sites for hydroxylation is 2. The van der Waals surface area contributed by atoms with Gasteiger partial charge in [0.25, 0.3) is 0 Å². The predicted molar refractivity (Wildman–Crippen MR) is 126 cm³/mol. The molecule has 1 amide bonds. The summed E-state index contributed by atoms with van der Waals surface area (Å²) in [6.45, 7) is 3.68. The van der Waals surface area contributed by atoms with Crippen molar-refractivity contribution in [2.24, 2.45) is 0 Å². The van der Waals surface area contributed by atoms with Crippen molar-refractivity contribution in [3.05, 3.63) is 53.0 Å². The van der Waals surface area contributed by atoms with Gasteiger partial charge >= 0.3 is 0 Å². The van der Waals surface area contributed by atoms with Gasteiger partial charge in [-0.1, -0.05) is 17.8 Å². The first-order chi connectivity index (χ1) is 15.4. The van der Waals surface area contributed by atoms with E-state index in [0.717, 1.165) is 25.8 Å². The van der Waals surface area contributed by atoms with Gasteiger partial charge in [0.2, 0.25) is 15.9 Å². The molecule has 170 valence electrons. The van der Waals surface area contributed by atoms with Crippen LogP contribution in [-0.4, -0.2) is 51.7 Å². The van der Waals surface area contributed by atoms with Gasteiger partial charge < -0.3 is 9.88 Å². The lowest BCUT2D eigenvalue weighted by molar-refractivity contribution is -0.115. The van der Waals surface area contributed by atoms with Gasteiger partial charge in [-0.15, -0.1) is 21.5 Å². The Labute approximate surface area is 196 Å². The van der Waals surface area contributed by atoms with Crippen LogP contribution in [0.4, 0.5) is 5.69 Å². The summed E-state index contributed by atoms with van der Waals surface area (Å²) < 4.78 is 28.7. The maximum absolute atomic E-state index is 12.7. The molecule has 3 heterocycles.